The average Bonchev–Trinajstić information content (AvgIpc) is 2.74. The number of hydrogen-bond acceptors (Lipinski definition) is 3. The molecule has 0 saturated carbocycles. The fourth-order valence-electron chi connectivity index (χ4n) is 2.47. The molecule has 0 aliphatic carbocycles. The minimum atomic E-state index is 0. The Labute approximate surface area is 110 Å². The number of halogens is 1. The molecule has 1 unspecified atom stereocenters. The molecule has 2 aliphatic heterocycles. The molecule has 0 spiro atoms. The molecule has 1 atom stereocenters. The van der Waals surface area contributed by atoms with Crippen LogP contribution in [0.2, 0.25) is 0 Å². The van der Waals surface area contributed by atoms with Gasteiger partial charge in [-0.25, -0.2) is 0 Å². The minimum absolute atomic E-state index is 0. The number of amides is 1. The van der Waals surface area contributed by atoms with Gasteiger partial charge in [-0.15, -0.1) is 12.4 Å². The molecule has 2 fully saturated rings. The van der Waals surface area contributed by atoms with Gasteiger partial charge in [0.25, 0.3) is 0 Å². The summed E-state index contributed by atoms with van der Waals surface area (Å²) < 4.78 is 0. The van der Waals surface area contributed by atoms with E-state index >= 15 is 0 Å². The molecular weight excluding hydrogens is 238 g/mol. The minimum Gasteiger partial charge on any atom is -0.351 e. The summed E-state index contributed by atoms with van der Waals surface area (Å²) in [5.41, 5.74) is 0. The van der Waals surface area contributed by atoms with Crippen LogP contribution < -0.4 is 10.6 Å². The van der Waals surface area contributed by atoms with Crippen LogP contribution in [0.4, 0.5) is 0 Å². The van der Waals surface area contributed by atoms with Crippen LogP contribution in [0.5, 0.6) is 0 Å². The van der Waals surface area contributed by atoms with Crippen LogP contribution in [0.25, 0.3) is 0 Å². The molecule has 0 radical (unpaired) electrons. The van der Waals surface area contributed by atoms with Gasteiger partial charge < -0.3 is 10.6 Å². The van der Waals surface area contributed by atoms with Crippen LogP contribution in [0.1, 0.15) is 26.2 Å². The Hall–Kier alpha value is -0.320. The largest absolute Gasteiger partial charge is 0.351 e. The van der Waals surface area contributed by atoms with E-state index in [9.17, 15) is 4.79 Å². The van der Waals surface area contributed by atoms with Gasteiger partial charge in [-0.05, 0) is 44.8 Å². The molecule has 2 saturated heterocycles. The molecule has 2 heterocycles. The number of carbonyl (C=O) groups is 1. The number of rotatable bonds is 3. The van der Waals surface area contributed by atoms with Crippen LogP contribution >= 0.6 is 12.4 Å². The number of likely N-dealkylation sites (tertiary alicyclic amines) is 1. The van der Waals surface area contributed by atoms with Gasteiger partial charge in [0.05, 0.1) is 6.54 Å². The normalized spacial score (nSPS) is 26.5. The van der Waals surface area contributed by atoms with Crippen LogP contribution in [0.3, 0.4) is 0 Å². The monoisotopic (exact) mass is 261 g/mol. The Morgan fingerprint density at radius 3 is 2.65 bits per heavy atom. The lowest BCUT2D eigenvalue weighted by molar-refractivity contribution is -0.123. The van der Waals surface area contributed by atoms with E-state index in [1.807, 2.05) is 0 Å². The first-order valence-corrected chi connectivity index (χ1v) is 6.46. The summed E-state index contributed by atoms with van der Waals surface area (Å²) >= 11 is 0. The summed E-state index contributed by atoms with van der Waals surface area (Å²) in [5, 5.41) is 6.35. The SMILES string of the molecule is CC1CCN(CC(=O)NC2CCNC2)CC1.Cl. The molecule has 0 aromatic heterocycles. The number of piperidine rings is 1. The predicted molar refractivity (Wildman–Crippen MR) is 71.5 cm³/mol. The molecule has 2 N–H and O–H groups in total. The highest BCUT2D eigenvalue weighted by atomic mass is 35.5. The first-order valence-electron chi connectivity index (χ1n) is 6.46. The fourth-order valence-corrected chi connectivity index (χ4v) is 2.47. The van der Waals surface area contributed by atoms with Crippen LogP contribution in [0.15, 0.2) is 0 Å². The highest BCUT2D eigenvalue weighted by Crippen LogP contribution is 2.15. The third kappa shape index (κ3) is 4.82. The van der Waals surface area contributed by atoms with Gasteiger partial charge in [0, 0.05) is 12.6 Å². The van der Waals surface area contributed by atoms with E-state index in [1.165, 1.54) is 12.8 Å². The third-order valence-corrected chi connectivity index (χ3v) is 3.67. The number of hydrogen-bond donors (Lipinski definition) is 2. The van der Waals surface area contributed by atoms with Crippen molar-refractivity contribution in [2.45, 2.75) is 32.2 Å². The van der Waals surface area contributed by atoms with Gasteiger partial charge in [0.15, 0.2) is 0 Å². The van der Waals surface area contributed by atoms with E-state index in [0.717, 1.165) is 38.5 Å². The molecule has 4 nitrogen and oxygen atoms in total. The van der Waals surface area contributed by atoms with Crippen molar-refractivity contribution in [1.82, 2.24) is 15.5 Å². The van der Waals surface area contributed by atoms with Crippen molar-refractivity contribution in [3.63, 3.8) is 0 Å². The molecule has 0 aromatic rings. The molecule has 5 heteroatoms. The Balaban J connectivity index is 0.00000144. The molecule has 100 valence electrons. The van der Waals surface area contributed by atoms with E-state index in [2.05, 4.69) is 22.5 Å². The maximum atomic E-state index is 11.8. The zero-order valence-electron chi connectivity index (χ0n) is 10.6. The Bertz CT molecular complexity index is 236. The summed E-state index contributed by atoms with van der Waals surface area (Å²) in [6.07, 6.45) is 3.54. The van der Waals surface area contributed by atoms with E-state index in [0.29, 0.717) is 12.6 Å². The van der Waals surface area contributed by atoms with Gasteiger partial charge in [-0.3, -0.25) is 9.69 Å². The summed E-state index contributed by atoms with van der Waals surface area (Å²) in [7, 11) is 0. The summed E-state index contributed by atoms with van der Waals surface area (Å²) in [5.74, 6) is 1.03. The molecule has 0 bridgehead atoms. The van der Waals surface area contributed by atoms with Gasteiger partial charge in [-0.1, -0.05) is 6.92 Å². The number of nitrogens with zero attached hydrogens (tertiary/aromatic N) is 1. The maximum absolute atomic E-state index is 11.8. The van der Waals surface area contributed by atoms with Crippen LogP contribution in [-0.4, -0.2) is 49.6 Å². The summed E-state index contributed by atoms with van der Waals surface area (Å²) in [4.78, 5) is 14.0. The lowest BCUT2D eigenvalue weighted by Crippen LogP contribution is -2.45. The van der Waals surface area contributed by atoms with Crippen molar-refractivity contribution >= 4 is 18.3 Å². The summed E-state index contributed by atoms with van der Waals surface area (Å²) in [6, 6.07) is 0.358. The highest BCUT2D eigenvalue weighted by molar-refractivity contribution is 5.85. The zero-order valence-corrected chi connectivity index (χ0v) is 11.4. The zero-order chi connectivity index (χ0) is 11.4. The molecule has 0 aromatic carbocycles. The quantitative estimate of drug-likeness (QED) is 0.783. The molecule has 2 rings (SSSR count). The van der Waals surface area contributed by atoms with Crippen molar-refractivity contribution in [2.75, 3.05) is 32.7 Å². The molecular formula is C12H24ClN3O. The number of carbonyl (C=O) groups excluding carboxylic acids is 1. The van der Waals surface area contributed by atoms with Crippen molar-refractivity contribution < 1.29 is 4.79 Å². The smallest absolute Gasteiger partial charge is 0.234 e. The maximum Gasteiger partial charge on any atom is 0.234 e. The Kier molecular flexibility index (Phi) is 6.23. The van der Waals surface area contributed by atoms with Crippen molar-refractivity contribution in [2.24, 2.45) is 5.92 Å². The molecule has 2 aliphatic rings. The second kappa shape index (κ2) is 7.19. The van der Waals surface area contributed by atoms with Crippen molar-refractivity contribution in [3.05, 3.63) is 0 Å². The van der Waals surface area contributed by atoms with Gasteiger partial charge in [0.1, 0.15) is 0 Å². The second-order valence-corrected chi connectivity index (χ2v) is 5.22. The first-order chi connectivity index (χ1) is 7.74. The predicted octanol–water partition coefficient (Wildman–Crippen LogP) is 0.618. The fraction of sp³-hybridized carbons (Fsp3) is 0.917. The topological polar surface area (TPSA) is 44.4 Å². The standard InChI is InChI=1S/C12H23N3O.ClH/c1-10-3-6-15(7-4-10)9-12(16)14-11-2-5-13-8-11;/h10-11,13H,2-9H2,1H3,(H,14,16);1H. The number of nitrogens with one attached hydrogen (secondary N) is 2. The van der Waals surface area contributed by atoms with Gasteiger partial charge in [-0.2, -0.15) is 0 Å². The Morgan fingerprint density at radius 1 is 1.35 bits per heavy atom. The van der Waals surface area contributed by atoms with E-state index in [-0.39, 0.29) is 18.3 Å². The van der Waals surface area contributed by atoms with Crippen molar-refractivity contribution in [1.29, 1.82) is 0 Å². The lowest BCUT2D eigenvalue weighted by atomic mass is 9.99. The lowest BCUT2D eigenvalue weighted by Gasteiger charge is -2.29. The Morgan fingerprint density at radius 2 is 2.06 bits per heavy atom. The first kappa shape index (κ1) is 14.7. The average molecular weight is 262 g/mol. The second-order valence-electron chi connectivity index (χ2n) is 5.22. The van der Waals surface area contributed by atoms with E-state index < -0.39 is 0 Å². The van der Waals surface area contributed by atoms with Gasteiger partial charge in [0.2, 0.25) is 5.91 Å². The van der Waals surface area contributed by atoms with Crippen LogP contribution in [-0.2, 0) is 4.79 Å². The molecule has 1 amide bonds. The highest BCUT2D eigenvalue weighted by Gasteiger charge is 2.20. The van der Waals surface area contributed by atoms with Crippen molar-refractivity contribution in [3.8, 4) is 0 Å². The van der Waals surface area contributed by atoms with E-state index in [1.54, 1.807) is 0 Å². The van der Waals surface area contributed by atoms with Gasteiger partial charge >= 0.3 is 0 Å². The van der Waals surface area contributed by atoms with E-state index in [4.69, 9.17) is 0 Å². The summed E-state index contributed by atoms with van der Waals surface area (Å²) in [6.45, 7) is 7.01. The third-order valence-electron chi connectivity index (χ3n) is 3.67. The molecule has 17 heavy (non-hydrogen) atoms. The van der Waals surface area contributed by atoms with Crippen LogP contribution in [0, 0.1) is 5.92 Å².